The molecule has 0 bridgehead atoms. The first kappa shape index (κ1) is 14.8. The summed E-state index contributed by atoms with van der Waals surface area (Å²) in [5.74, 6) is -1.77. The summed E-state index contributed by atoms with van der Waals surface area (Å²) < 4.78 is 0. The fourth-order valence-corrected chi connectivity index (χ4v) is 1.81. The summed E-state index contributed by atoms with van der Waals surface area (Å²) in [5, 5.41) is 39.7. The molecule has 8 heteroatoms. The van der Waals surface area contributed by atoms with Crippen molar-refractivity contribution in [3.05, 3.63) is 0 Å². The minimum absolute atomic E-state index is 0.329. The number of aliphatic carboxylic acids is 2. The van der Waals surface area contributed by atoms with E-state index in [0.717, 1.165) is 0 Å². The second-order valence-corrected chi connectivity index (χ2v) is 4.38. The Labute approximate surface area is 104 Å². The van der Waals surface area contributed by atoms with Crippen LogP contribution >= 0.6 is 0 Å². The molecule has 2 aliphatic heterocycles. The Morgan fingerprint density at radius 3 is 1.28 bits per heavy atom. The predicted octanol–water partition coefficient (Wildman–Crippen LogP) is -2.41. The zero-order valence-corrected chi connectivity index (χ0v) is 9.74. The molecule has 2 rings (SSSR count). The molecule has 0 spiro atoms. The molecule has 0 radical (unpaired) electrons. The first-order chi connectivity index (χ1) is 8.40. The molecule has 0 aliphatic carbocycles. The fourth-order valence-electron chi connectivity index (χ4n) is 1.81. The van der Waals surface area contributed by atoms with Crippen molar-refractivity contribution in [1.29, 1.82) is 0 Å². The van der Waals surface area contributed by atoms with Gasteiger partial charge in [0.2, 0.25) is 0 Å². The lowest BCUT2D eigenvalue weighted by Gasteiger charge is -1.99. The minimum Gasteiger partial charge on any atom is -0.480 e. The molecule has 2 saturated heterocycles. The summed E-state index contributed by atoms with van der Waals surface area (Å²) >= 11 is 0. The maximum absolute atomic E-state index is 10.2. The second-order valence-electron chi connectivity index (χ2n) is 4.38. The van der Waals surface area contributed by atoms with Gasteiger partial charge in [-0.2, -0.15) is 0 Å². The van der Waals surface area contributed by atoms with Gasteiger partial charge in [0.1, 0.15) is 12.1 Å². The van der Waals surface area contributed by atoms with E-state index in [-0.39, 0.29) is 0 Å². The van der Waals surface area contributed by atoms with Gasteiger partial charge in [0.15, 0.2) is 0 Å². The van der Waals surface area contributed by atoms with Crippen molar-refractivity contribution >= 4 is 11.9 Å². The van der Waals surface area contributed by atoms with Crippen LogP contribution in [0.15, 0.2) is 0 Å². The topological polar surface area (TPSA) is 139 Å². The zero-order valence-electron chi connectivity index (χ0n) is 9.74. The van der Waals surface area contributed by atoms with E-state index in [4.69, 9.17) is 20.4 Å². The number of carboxylic acid groups (broad SMARTS) is 2. The lowest BCUT2D eigenvalue weighted by molar-refractivity contribution is -0.140. The van der Waals surface area contributed by atoms with E-state index in [1.807, 2.05) is 0 Å². The third-order valence-corrected chi connectivity index (χ3v) is 2.81. The van der Waals surface area contributed by atoms with Crippen LogP contribution in [0.4, 0.5) is 0 Å². The Morgan fingerprint density at radius 1 is 0.833 bits per heavy atom. The van der Waals surface area contributed by atoms with E-state index < -0.39 is 36.2 Å². The van der Waals surface area contributed by atoms with Crippen LogP contribution < -0.4 is 10.6 Å². The van der Waals surface area contributed by atoms with Crippen molar-refractivity contribution in [3.8, 4) is 0 Å². The number of hydrogen-bond acceptors (Lipinski definition) is 6. The molecule has 2 heterocycles. The number of hydrogen-bond donors (Lipinski definition) is 6. The molecule has 2 aliphatic rings. The van der Waals surface area contributed by atoms with Crippen LogP contribution in [-0.4, -0.2) is 69.7 Å². The van der Waals surface area contributed by atoms with Gasteiger partial charge in [0.25, 0.3) is 0 Å². The number of carboxylic acids is 2. The molecule has 0 aromatic carbocycles. The van der Waals surface area contributed by atoms with Gasteiger partial charge < -0.3 is 31.1 Å². The first-order valence-corrected chi connectivity index (χ1v) is 5.68. The number of aliphatic hydroxyl groups excluding tert-OH is 2. The standard InChI is InChI=1S/2C5H9NO3/c2*7-3-1-4(5(8)9)6-2-3/h2*3-4,6-7H,1-2H2,(H,8,9)/t2*3-,4+/m00/s1. The van der Waals surface area contributed by atoms with Gasteiger partial charge in [-0.25, -0.2) is 0 Å². The zero-order chi connectivity index (χ0) is 13.7. The third kappa shape index (κ3) is 4.57. The van der Waals surface area contributed by atoms with Gasteiger partial charge in [-0.05, 0) is 0 Å². The highest BCUT2D eigenvalue weighted by molar-refractivity contribution is 5.74. The fraction of sp³-hybridized carbons (Fsp3) is 0.800. The van der Waals surface area contributed by atoms with Crippen molar-refractivity contribution in [2.45, 2.75) is 37.1 Å². The smallest absolute Gasteiger partial charge is 0.320 e. The van der Waals surface area contributed by atoms with Crippen molar-refractivity contribution in [2.24, 2.45) is 0 Å². The molecule has 0 aromatic rings. The van der Waals surface area contributed by atoms with Crippen molar-refractivity contribution < 1.29 is 30.0 Å². The molecule has 0 amide bonds. The summed E-state index contributed by atoms with van der Waals surface area (Å²) in [5.41, 5.74) is 0. The minimum atomic E-state index is -0.883. The number of nitrogens with one attached hydrogen (secondary N) is 2. The van der Waals surface area contributed by atoms with Crippen LogP contribution in [0, 0.1) is 0 Å². The molecule has 18 heavy (non-hydrogen) atoms. The Morgan fingerprint density at radius 2 is 1.17 bits per heavy atom. The molecule has 2 fully saturated rings. The van der Waals surface area contributed by atoms with E-state index in [9.17, 15) is 9.59 Å². The van der Waals surface area contributed by atoms with Crippen LogP contribution in [0.3, 0.4) is 0 Å². The highest BCUT2D eigenvalue weighted by atomic mass is 16.4. The Kier molecular flexibility index (Phi) is 5.48. The quantitative estimate of drug-likeness (QED) is 0.323. The van der Waals surface area contributed by atoms with Crippen LogP contribution in [0.5, 0.6) is 0 Å². The molecule has 104 valence electrons. The van der Waals surface area contributed by atoms with E-state index in [0.29, 0.717) is 25.9 Å². The highest BCUT2D eigenvalue weighted by Crippen LogP contribution is 2.05. The molecule has 0 aromatic heterocycles. The first-order valence-electron chi connectivity index (χ1n) is 5.68. The number of aliphatic hydroxyl groups is 2. The van der Waals surface area contributed by atoms with E-state index in [1.165, 1.54) is 0 Å². The molecule has 0 saturated carbocycles. The lowest BCUT2D eigenvalue weighted by atomic mass is 10.2. The number of carbonyl (C=O) groups is 2. The largest absolute Gasteiger partial charge is 0.480 e. The van der Waals surface area contributed by atoms with Gasteiger partial charge in [0, 0.05) is 25.9 Å². The molecular weight excluding hydrogens is 244 g/mol. The second kappa shape index (κ2) is 6.64. The number of rotatable bonds is 2. The normalized spacial score (nSPS) is 34.8. The third-order valence-electron chi connectivity index (χ3n) is 2.81. The summed E-state index contributed by atoms with van der Waals surface area (Å²) in [6.45, 7) is 0.800. The van der Waals surface area contributed by atoms with Crippen LogP contribution in [0.25, 0.3) is 0 Å². The van der Waals surface area contributed by atoms with Gasteiger partial charge in [-0.3, -0.25) is 9.59 Å². The predicted molar refractivity (Wildman–Crippen MR) is 60.1 cm³/mol. The van der Waals surface area contributed by atoms with Crippen molar-refractivity contribution in [1.82, 2.24) is 10.6 Å². The molecule has 0 unspecified atom stereocenters. The van der Waals surface area contributed by atoms with E-state index >= 15 is 0 Å². The van der Waals surface area contributed by atoms with Crippen molar-refractivity contribution in [3.63, 3.8) is 0 Å². The summed E-state index contributed by atoms with van der Waals surface area (Å²) in [4.78, 5) is 20.3. The highest BCUT2D eigenvalue weighted by Gasteiger charge is 2.27. The Bertz CT molecular complexity index is 281. The maximum Gasteiger partial charge on any atom is 0.320 e. The maximum atomic E-state index is 10.2. The lowest BCUT2D eigenvalue weighted by Crippen LogP contribution is -2.29. The van der Waals surface area contributed by atoms with Gasteiger partial charge in [-0.1, -0.05) is 0 Å². The Balaban J connectivity index is 0.000000180. The SMILES string of the molecule is O=C(O)[C@H]1C[C@H](O)CN1.O=C(O)[C@H]1C[C@H](O)CN1. The molecule has 8 nitrogen and oxygen atoms in total. The average Bonchev–Trinajstić information content (AvgIpc) is 2.88. The summed E-state index contributed by atoms with van der Waals surface area (Å²) in [6, 6.07) is -1.08. The van der Waals surface area contributed by atoms with Gasteiger partial charge >= 0.3 is 11.9 Å². The molecular formula is C10H18N2O6. The molecule has 6 N–H and O–H groups in total. The number of β-amino-alcohol motifs (C(OH)–C–C–N with tert-alkyl or cyclic N) is 2. The van der Waals surface area contributed by atoms with Crippen LogP contribution in [0.2, 0.25) is 0 Å². The monoisotopic (exact) mass is 262 g/mol. The van der Waals surface area contributed by atoms with Gasteiger partial charge in [-0.15, -0.1) is 0 Å². The van der Waals surface area contributed by atoms with Crippen LogP contribution in [0.1, 0.15) is 12.8 Å². The van der Waals surface area contributed by atoms with Crippen LogP contribution in [-0.2, 0) is 9.59 Å². The molecule has 4 atom stereocenters. The Hall–Kier alpha value is -1.22. The van der Waals surface area contributed by atoms with E-state index in [2.05, 4.69) is 10.6 Å². The summed E-state index contributed by atoms with van der Waals surface area (Å²) in [6.07, 6.45) is -0.304. The van der Waals surface area contributed by atoms with E-state index in [1.54, 1.807) is 0 Å². The van der Waals surface area contributed by atoms with Gasteiger partial charge in [0.05, 0.1) is 12.2 Å². The average molecular weight is 262 g/mol. The van der Waals surface area contributed by atoms with Crippen molar-refractivity contribution in [2.75, 3.05) is 13.1 Å². The summed E-state index contributed by atoms with van der Waals surface area (Å²) in [7, 11) is 0.